The number of benzene rings is 1. The van der Waals surface area contributed by atoms with Crippen LogP contribution in [-0.4, -0.2) is 13.2 Å². The molecule has 0 aliphatic heterocycles. The number of hydrogen-bond donors (Lipinski definition) is 1. The number of nitrogens with one attached hydrogen (secondary N) is 1. The van der Waals surface area contributed by atoms with Crippen molar-refractivity contribution in [2.24, 2.45) is 0 Å². The number of ether oxygens (including phenoxy) is 1. The fourth-order valence-corrected chi connectivity index (χ4v) is 2.67. The van der Waals surface area contributed by atoms with E-state index in [1.807, 2.05) is 12.1 Å². The molecule has 1 N–H and O–H groups in total. The van der Waals surface area contributed by atoms with Crippen molar-refractivity contribution in [2.75, 3.05) is 7.11 Å². The first kappa shape index (κ1) is 16.0. The summed E-state index contributed by atoms with van der Waals surface area (Å²) < 4.78 is 5.49. The van der Waals surface area contributed by atoms with Gasteiger partial charge in [-0.1, -0.05) is 51.8 Å². The van der Waals surface area contributed by atoms with Gasteiger partial charge in [-0.3, -0.25) is 0 Å². The van der Waals surface area contributed by atoms with Crippen molar-refractivity contribution in [3.63, 3.8) is 0 Å². The predicted octanol–water partition coefficient (Wildman–Crippen LogP) is 4.70. The lowest BCUT2D eigenvalue weighted by atomic mass is 9.99. The lowest BCUT2D eigenvalue weighted by molar-refractivity contribution is 0.362. The first-order valence-corrected chi connectivity index (χ1v) is 7.65. The summed E-state index contributed by atoms with van der Waals surface area (Å²) in [6.45, 7) is 6.75. The van der Waals surface area contributed by atoms with Crippen LogP contribution in [0.2, 0.25) is 0 Å². The SMILES string of the molecule is CCCC(CCC)NC(CC)c1ccccc1OC. The van der Waals surface area contributed by atoms with Gasteiger partial charge in [0.15, 0.2) is 0 Å². The monoisotopic (exact) mass is 263 g/mol. The second kappa shape index (κ2) is 8.98. The minimum absolute atomic E-state index is 0.388. The van der Waals surface area contributed by atoms with Crippen LogP contribution >= 0.6 is 0 Å². The van der Waals surface area contributed by atoms with Crippen LogP contribution < -0.4 is 10.1 Å². The number of hydrogen-bond acceptors (Lipinski definition) is 2. The highest BCUT2D eigenvalue weighted by molar-refractivity contribution is 5.35. The Balaban J connectivity index is 2.80. The lowest BCUT2D eigenvalue weighted by Crippen LogP contribution is -2.32. The van der Waals surface area contributed by atoms with E-state index < -0.39 is 0 Å². The maximum Gasteiger partial charge on any atom is 0.123 e. The quantitative estimate of drug-likeness (QED) is 0.697. The maximum atomic E-state index is 5.49. The van der Waals surface area contributed by atoms with Gasteiger partial charge in [0, 0.05) is 17.6 Å². The van der Waals surface area contributed by atoms with Crippen molar-refractivity contribution < 1.29 is 4.74 Å². The van der Waals surface area contributed by atoms with Crippen LogP contribution in [0.15, 0.2) is 24.3 Å². The van der Waals surface area contributed by atoms with Crippen LogP contribution in [0.25, 0.3) is 0 Å². The van der Waals surface area contributed by atoms with Gasteiger partial charge in [-0.05, 0) is 25.3 Å². The van der Waals surface area contributed by atoms with Gasteiger partial charge in [0.25, 0.3) is 0 Å². The minimum atomic E-state index is 0.388. The van der Waals surface area contributed by atoms with Gasteiger partial charge in [-0.25, -0.2) is 0 Å². The fraction of sp³-hybridized carbons (Fsp3) is 0.647. The van der Waals surface area contributed by atoms with Gasteiger partial charge in [0.2, 0.25) is 0 Å². The molecule has 0 fully saturated rings. The Morgan fingerprint density at radius 2 is 1.68 bits per heavy atom. The van der Waals surface area contributed by atoms with E-state index >= 15 is 0 Å². The fourth-order valence-electron chi connectivity index (χ4n) is 2.67. The molecule has 0 amide bonds. The topological polar surface area (TPSA) is 21.3 Å². The number of rotatable bonds is 9. The molecule has 1 rings (SSSR count). The van der Waals surface area contributed by atoms with Gasteiger partial charge in [0.05, 0.1) is 7.11 Å². The summed E-state index contributed by atoms with van der Waals surface area (Å²) in [5.41, 5.74) is 1.28. The molecule has 1 unspecified atom stereocenters. The highest BCUT2D eigenvalue weighted by Gasteiger charge is 2.17. The molecule has 0 radical (unpaired) electrons. The summed E-state index contributed by atoms with van der Waals surface area (Å²) in [5.74, 6) is 0.994. The number of para-hydroxylation sites is 1. The first-order valence-electron chi connectivity index (χ1n) is 7.65. The second-order valence-corrected chi connectivity index (χ2v) is 5.14. The molecule has 0 spiro atoms. The van der Waals surface area contributed by atoms with Crippen LogP contribution in [0.1, 0.15) is 64.5 Å². The Labute approximate surface area is 118 Å². The summed E-state index contributed by atoms with van der Waals surface area (Å²) >= 11 is 0. The highest BCUT2D eigenvalue weighted by Crippen LogP contribution is 2.28. The van der Waals surface area contributed by atoms with Gasteiger partial charge >= 0.3 is 0 Å². The standard InChI is InChI=1S/C17H29NO/c1-5-10-14(11-6-2)18-16(7-3)15-12-8-9-13-17(15)19-4/h8-9,12-14,16,18H,5-7,10-11H2,1-4H3. The summed E-state index contributed by atoms with van der Waals surface area (Å²) in [4.78, 5) is 0. The van der Waals surface area contributed by atoms with Crippen molar-refractivity contribution >= 4 is 0 Å². The third kappa shape index (κ3) is 4.87. The first-order chi connectivity index (χ1) is 9.26. The minimum Gasteiger partial charge on any atom is -0.496 e. The molecule has 0 heterocycles. The van der Waals surface area contributed by atoms with E-state index in [0.717, 1.165) is 12.2 Å². The molecule has 2 nitrogen and oxygen atoms in total. The second-order valence-electron chi connectivity index (χ2n) is 5.14. The van der Waals surface area contributed by atoms with E-state index in [1.54, 1.807) is 7.11 Å². The molecule has 1 atom stereocenters. The molecule has 0 aliphatic rings. The van der Waals surface area contributed by atoms with Crippen LogP contribution in [0.3, 0.4) is 0 Å². The summed E-state index contributed by atoms with van der Waals surface area (Å²) in [6.07, 6.45) is 6.06. The van der Waals surface area contributed by atoms with E-state index in [-0.39, 0.29) is 0 Å². The van der Waals surface area contributed by atoms with Crippen LogP contribution in [0, 0.1) is 0 Å². The molecule has 2 heteroatoms. The molecule has 0 aromatic heterocycles. The number of methoxy groups -OCH3 is 1. The molecule has 0 bridgehead atoms. The Hall–Kier alpha value is -1.02. The largest absolute Gasteiger partial charge is 0.496 e. The lowest BCUT2D eigenvalue weighted by Gasteiger charge is -2.26. The van der Waals surface area contributed by atoms with E-state index in [1.165, 1.54) is 31.2 Å². The molecule has 108 valence electrons. The van der Waals surface area contributed by atoms with E-state index in [0.29, 0.717) is 12.1 Å². The van der Waals surface area contributed by atoms with Gasteiger partial charge < -0.3 is 10.1 Å². The molecule has 0 saturated carbocycles. The summed E-state index contributed by atoms with van der Waals surface area (Å²) in [7, 11) is 1.75. The van der Waals surface area contributed by atoms with Crippen molar-refractivity contribution in [2.45, 2.75) is 65.0 Å². The maximum absolute atomic E-state index is 5.49. The Bertz CT molecular complexity index is 345. The summed E-state index contributed by atoms with van der Waals surface area (Å²) in [6, 6.07) is 9.36. The van der Waals surface area contributed by atoms with Crippen LogP contribution in [-0.2, 0) is 0 Å². The molecule has 19 heavy (non-hydrogen) atoms. The molecule has 1 aromatic carbocycles. The molecular formula is C17H29NO. The van der Waals surface area contributed by atoms with Crippen molar-refractivity contribution in [1.29, 1.82) is 0 Å². The normalized spacial score (nSPS) is 12.7. The van der Waals surface area contributed by atoms with Crippen molar-refractivity contribution in [3.05, 3.63) is 29.8 Å². The van der Waals surface area contributed by atoms with Crippen LogP contribution in [0.4, 0.5) is 0 Å². The van der Waals surface area contributed by atoms with Crippen LogP contribution in [0.5, 0.6) is 5.75 Å². The van der Waals surface area contributed by atoms with Crippen molar-refractivity contribution in [1.82, 2.24) is 5.32 Å². The van der Waals surface area contributed by atoms with Gasteiger partial charge in [-0.2, -0.15) is 0 Å². The average molecular weight is 263 g/mol. The summed E-state index contributed by atoms with van der Waals surface area (Å²) in [5, 5.41) is 3.82. The Morgan fingerprint density at radius 1 is 1.05 bits per heavy atom. The molecular weight excluding hydrogens is 234 g/mol. The molecule has 0 saturated heterocycles. The van der Waals surface area contributed by atoms with Crippen molar-refractivity contribution in [3.8, 4) is 5.75 Å². The zero-order chi connectivity index (χ0) is 14.1. The van der Waals surface area contributed by atoms with Gasteiger partial charge in [0.1, 0.15) is 5.75 Å². The zero-order valence-corrected chi connectivity index (χ0v) is 12.9. The van der Waals surface area contributed by atoms with E-state index in [2.05, 4.69) is 38.2 Å². The van der Waals surface area contributed by atoms with E-state index in [9.17, 15) is 0 Å². The van der Waals surface area contributed by atoms with Gasteiger partial charge in [-0.15, -0.1) is 0 Å². The average Bonchev–Trinajstić information content (AvgIpc) is 2.45. The Morgan fingerprint density at radius 3 is 2.21 bits per heavy atom. The zero-order valence-electron chi connectivity index (χ0n) is 12.9. The smallest absolute Gasteiger partial charge is 0.123 e. The molecule has 1 aromatic rings. The third-order valence-electron chi connectivity index (χ3n) is 3.63. The van der Waals surface area contributed by atoms with E-state index in [4.69, 9.17) is 4.74 Å². The third-order valence-corrected chi connectivity index (χ3v) is 3.63. The predicted molar refractivity (Wildman–Crippen MR) is 82.8 cm³/mol. The Kier molecular flexibility index (Phi) is 7.57. The highest BCUT2D eigenvalue weighted by atomic mass is 16.5. The molecule has 0 aliphatic carbocycles.